The molecule has 7 nitrogen and oxygen atoms in total. The summed E-state index contributed by atoms with van der Waals surface area (Å²) >= 11 is 0. The van der Waals surface area contributed by atoms with Gasteiger partial charge in [0.05, 0.1) is 12.0 Å². The standard InChI is InChI=1S/C23H25N3O4S/c1-17-13-20(10-11-22(17)30-2)31(28,29)26-21(14-18-7-4-3-5-8-18)23(27)25-16-19-9-6-12-24-15-19/h3-13,15,21,26H,14,16H2,1-2H3,(H,25,27). The third-order valence-corrected chi connectivity index (χ3v) is 6.23. The van der Waals surface area contributed by atoms with Crippen molar-refractivity contribution in [2.45, 2.75) is 30.8 Å². The molecule has 3 rings (SSSR count). The van der Waals surface area contributed by atoms with Crippen LogP contribution >= 0.6 is 0 Å². The Kier molecular flexibility index (Phi) is 7.38. The van der Waals surface area contributed by atoms with E-state index in [0.717, 1.165) is 11.1 Å². The number of sulfonamides is 1. The average molecular weight is 440 g/mol. The van der Waals surface area contributed by atoms with E-state index in [0.29, 0.717) is 11.3 Å². The Labute approximate surface area is 182 Å². The first-order valence-corrected chi connectivity index (χ1v) is 11.2. The number of carbonyl (C=O) groups excluding carboxylic acids is 1. The monoisotopic (exact) mass is 439 g/mol. The van der Waals surface area contributed by atoms with E-state index < -0.39 is 22.0 Å². The summed E-state index contributed by atoms with van der Waals surface area (Å²) in [5.74, 6) is 0.176. The van der Waals surface area contributed by atoms with Crippen LogP contribution in [0.4, 0.5) is 0 Å². The number of ether oxygens (including phenoxy) is 1. The van der Waals surface area contributed by atoms with Gasteiger partial charge < -0.3 is 10.1 Å². The van der Waals surface area contributed by atoms with Gasteiger partial charge in [-0.05, 0) is 54.3 Å². The lowest BCUT2D eigenvalue weighted by Crippen LogP contribution is -2.47. The first-order chi connectivity index (χ1) is 14.9. The predicted octanol–water partition coefficient (Wildman–Crippen LogP) is 2.60. The van der Waals surface area contributed by atoms with Gasteiger partial charge in [0, 0.05) is 18.9 Å². The summed E-state index contributed by atoms with van der Waals surface area (Å²) in [6, 6.07) is 16.5. The van der Waals surface area contributed by atoms with Crippen molar-refractivity contribution in [3.63, 3.8) is 0 Å². The SMILES string of the molecule is COc1ccc(S(=O)(=O)NC(Cc2ccccc2)C(=O)NCc2cccnc2)cc1C. The van der Waals surface area contributed by atoms with E-state index >= 15 is 0 Å². The van der Waals surface area contributed by atoms with Crippen LogP contribution in [-0.2, 0) is 27.8 Å². The minimum atomic E-state index is -3.93. The molecule has 2 aromatic carbocycles. The second kappa shape index (κ2) is 10.2. The van der Waals surface area contributed by atoms with Crippen LogP contribution in [0, 0.1) is 6.92 Å². The van der Waals surface area contributed by atoms with Crippen LogP contribution in [0.2, 0.25) is 0 Å². The summed E-state index contributed by atoms with van der Waals surface area (Å²) in [5.41, 5.74) is 2.35. The van der Waals surface area contributed by atoms with Crippen LogP contribution in [0.5, 0.6) is 5.75 Å². The Morgan fingerprint density at radius 2 is 1.81 bits per heavy atom. The Balaban J connectivity index is 1.81. The molecule has 1 atom stereocenters. The number of carbonyl (C=O) groups is 1. The zero-order valence-electron chi connectivity index (χ0n) is 17.4. The lowest BCUT2D eigenvalue weighted by atomic mass is 10.1. The molecule has 0 aliphatic heterocycles. The van der Waals surface area contributed by atoms with Crippen LogP contribution < -0.4 is 14.8 Å². The number of hydrogen-bond acceptors (Lipinski definition) is 5. The van der Waals surface area contributed by atoms with Gasteiger partial charge in [0.1, 0.15) is 11.8 Å². The molecule has 1 aromatic heterocycles. The van der Waals surface area contributed by atoms with Crippen molar-refractivity contribution in [2.24, 2.45) is 0 Å². The first-order valence-electron chi connectivity index (χ1n) is 9.76. The maximum atomic E-state index is 13.0. The number of amides is 1. The Morgan fingerprint density at radius 1 is 1.06 bits per heavy atom. The van der Waals surface area contributed by atoms with Gasteiger partial charge in [0.25, 0.3) is 0 Å². The van der Waals surface area contributed by atoms with Crippen molar-refractivity contribution in [2.75, 3.05) is 7.11 Å². The molecular formula is C23H25N3O4S. The van der Waals surface area contributed by atoms with Gasteiger partial charge in [-0.1, -0.05) is 36.4 Å². The summed E-state index contributed by atoms with van der Waals surface area (Å²) in [5, 5.41) is 2.80. The summed E-state index contributed by atoms with van der Waals surface area (Å²) < 4.78 is 33.8. The third-order valence-electron chi connectivity index (χ3n) is 4.76. The number of methoxy groups -OCH3 is 1. The zero-order valence-corrected chi connectivity index (χ0v) is 18.2. The first kappa shape index (κ1) is 22.5. The highest BCUT2D eigenvalue weighted by Gasteiger charge is 2.26. The van der Waals surface area contributed by atoms with Crippen molar-refractivity contribution in [3.05, 3.63) is 89.7 Å². The average Bonchev–Trinajstić information content (AvgIpc) is 2.78. The molecule has 31 heavy (non-hydrogen) atoms. The number of pyridine rings is 1. The highest BCUT2D eigenvalue weighted by Crippen LogP contribution is 2.21. The molecule has 1 amide bonds. The van der Waals surface area contributed by atoms with Gasteiger partial charge in [-0.3, -0.25) is 9.78 Å². The fourth-order valence-corrected chi connectivity index (χ4v) is 4.41. The van der Waals surface area contributed by atoms with Gasteiger partial charge in [-0.25, -0.2) is 8.42 Å². The molecule has 0 saturated heterocycles. The maximum Gasteiger partial charge on any atom is 0.241 e. The number of aryl methyl sites for hydroxylation is 1. The van der Waals surface area contributed by atoms with Crippen molar-refractivity contribution in [3.8, 4) is 5.75 Å². The van der Waals surface area contributed by atoms with E-state index in [9.17, 15) is 13.2 Å². The summed E-state index contributed by atoms with van der Waals surface area (Å²) in [7, 11) is -2.41. The summed E-state index contributed by atoms with van der Waals surface area (Å²) in [4.78, 5) is 17.0. The smallest absolute Gasteiger partial charge is 0.241 e. The third kappa shape index (κ3) is 6.13. The molecule has 8 heteroatoms. The molecule has 0 radical (unpaired) electrons. The van der Waals surface area contributed by atoms with Crippen LogP contribution in [0.3, 0.4) is 0 Å². The molecule has 0 fully saturated rings. The quantitative estimate of drug-likeness (QED) is 0.534. The normalized spacial score (nSPS) is 12.2. The highest BCUT2D eigenvalue weighted by molar-refractivity contribution is 7.89. The highest BCUT2D eigenvalue weighted by atomic mass is 32.2. The van der Waals surface area contributed by atoms with Crippen LogP contribution in [0.15, 0.2) is 78.0 Å². The van der Waals surface area contributed by atoms with Crippen molar-refractivity contribution in [1.82, 2.24) is 15.0 Å². The van der Waals surface area contributed by atoms with Crippen molar-refractivity contribution in [1.29, 1.82) is 0 Å². The van der Waals surface area contributed by atoms with E-state index in [4.69, 9.17) is 4.74 Å². The van der Waals surface area contributed by atoms with Gasteiger partial charge in [0.15, 0.2) is 0 Å². The minimum Gasteiger partial charge on any atom is -0.496 e. The number of rotatable bonds is 9. The van der Waals surface area contributed by atoms with E-state index in [1.807, 2.05) is 36.4 Å². The maximum absolute atomic E-state index is 13.0. The predicted molar refractivity (Wildman–Crippen MR) is 118 cm³/mol. The Hall–Kier alpha value is -3.23. The number of hydrogen-bond donors (Lipinski definition) is 2. The fourth-order valence-electron chi connectivity index (χ4n) is 3.13. The Bertz CT molecular complexity index is 1120. The van der Waals surface area contributed by atoms with E-state index in [2.05, 4.69) is 15.0 Å². The number of aromatic nitrogens is 1. The summed E-state index contributed by atoms with van der Waals surface area (Å²) in [6.07, 6.45) is 3.51. The van der Waals surface area contributed by atoms with E-state index in [1.165, 1.54) is 19.2 Å². The molecule has 0 spiro atoms. The molecule has 0 bridgehead atoms. The molecule has 2 N–H and O–H groups in total. The fraction of sp³-hybridized carbons (Fsp3) is 0.217. The van der Waals surface area contributed by atoms with Gasteiger partial charge in [0.2, 0.25) is 15.9 Å². The molecule has 162 valence electrons. The molecule has 0 aliphatic carbocycles. The minimum absolute atomic E-state index is 0.0731. The number of benzene rings is 2. The number of nitrogens with zero attached hydrogens (tertiary/aromatic N) is 1. The van der Waals surface area contributed by atoms with Crippen LogP contribution in [0.1, 0.15) is 16.7 Å². The summed E-state index contributed by atoms with van der Waals surface area (Å²) in [6.45, 7) is 2.02. The second-order valence-corrected chi connectivity index (χ2v) is 8.79. The van der Waals surface area contributed by atoms with E-state index in [1.54, 1.807) is 31.5 Å². The molecule has 1 unspecified atom stereocenters. The lowest BCUT2D eigenvalue weighted by Gasteiger charge is -2.19. The zero-order chi connectivity index (χ0) is 22.3. The lowest BCUT2D eigenvalue weighted by molar-refractivity contribution is -0.122. The van der Waals surface area contributed by atoms with Crippen LogP contribution in [-0.4, -0.2) is 32.5 Å². The topological polar surface area (TPSA) is 97.4 Å². The Morgan fingerprint density at radius 3 is 2.45 bits per heavy atom. The second-order valence-electron chi connectivity index (χ2n) is 7.07. The van der Waals surface area contributed by atoms with Gasteiger partial charge >= 0.3 is 0 Å². The van der Waals surface area contributed by atoms with Crippen molar-refractivity contribution >= 4 is 15.9 Å². The van der Waals surface area contributed by atoms with Gasteiger partial charge in [-0.2, -0.15) is 4.72 Å². The molecule has 0 saturated carbocycles. The van der Waals surface area contributed by atoms with Gasteiger partial charge in [-0.15, -0.1) is 0 Å². The number of nitrogens with one attached hydrogen (secondary N) is 2. The van der Waals surface area contributed by atoms with Crippen molar-refractivity contribution < 1.29 is 17.9 Å². The molecule has 0 aliphatic rings. The van der Waals surface area contributed by atoms with E-state index in [-0.39, 0.29) is 17.9 Å². The molecular weight excluding hydrogens is 414 g/mol. The molecule has 3 aromatic rings. The van der Waals surface area contributed by atoms with Crippen LogP contribution in [0.25, 0.3) is 0 Å². The molecule has 1 heterocycles. The largest absolute Gasteiger partial charge is 0.496 e.